The molecule has 0 bridgehead atoms. The van der Waals surface area contributed by atoms with Gasteiger partial charge in [0.25, 0.3) is 0 Å². The number of amides is 1. The molecule has 0 aromatic heterocycles. The van der Waals surface area contributed by atoms with E-state index in [0.717, 1.165) is 36.9 Å². The largest absolute Gasteiger partial charge is 0.492 e. The maximum absolute atomic E-state index is 11.1. The highest BCUT2D eigenvalue weighted by atomic mass is 127. The Labute approximate surface area is 174 Å². The van der Waals surface area contributed by atoms with Crippen LogP contribution in [0.5, 0.6) is 5.75 Å². The number of aliphatic imine (C=N–C) groups is 1. The molecular formula is C19H33IN4O2. The molecule has 148 valence electrons. The third kappa shape index (κ3) is 11.9. The predicted octanol–water partition coefficient (Wildman–Crippen LogP) is 3.63. The van der Waals surface area contributed by atoms with Crippen molar-refractivity contribution >= 4 is 41.5 Å². The van der Waals surface area contributed by atoms with E-state index in [2.05, 4.69) is 41.7 Å². The Hall–Kier alpha value is -1.51. The molecule has 6 nitrogen and oxygen atoms in total. The summed E-state index contributed by atoms with van der Waals surface area (Å²) in [5.41, 5.74) is 0.734. The molecule has 7 heteroatoms. The van der Waals surface area contributed by atoms with Crippen LogP contribution < -0.4 is 20.7 Å². The van der Waals surface area contributed by atoms with Gasteiger partial charge in [0.05, 0.1) is 6.54 Å². The normalized spacial score (nSPS) is 10.9. The minimum absolute atomic E-state index is 0. The SMILES string of the molecule is CCNC(=NCCCC(C)C)NCCOc1cccc(NC(C)=O)c1.I. The summed E-state index contributed by atoms with van der Waals surface area (Å²) in [4.78, 5) is 15.7. The molecule has 0 radical (unpaired) electrons. The molecule has 0 fully saturated rings. The van der Waals surface area contributed by atoms with Crippen LogP contribution in [-0.2, 0) is 4.79 Å². The first-order chi connectivity index (χ1) is 12.0. The van der Waals surface area contributed by atoms with Crippen LogP contribution in [0.15, 0.2) is 29.3 Å². The van der Waals surface area contributed by atoms with E-state index in [9.17, 15) is 4.79 Å². The second kappa shape index (κ2) is 14.6. The van der Waals surface area contributed by atoms with Gasteiger partial charge in [-0.25, -0.2) is 0 Å². The number of guanidine groups is 1. The summed E-state index contributed by atoms with van der Waals surface area (Å²) < 4.78 is 5.72. The number of carbonyl (C=O) groups excluding carboxylic acids is 1. The standard InChI is InChI=1S/C19H32N4O2.HI/c1-5-20-19(21-11-7-8-15(2)3)22-12-13-25-18-10-6-9-17(14-18)23-16(4)24;/h6,9-10,14-15H,5,7-8,11-13H2,1-4H3,(H,23,24)(H2,20,21,22);1H. The highest BCUT2D eigenvalue weighted by molar-refractivity contribution is 14.0. The minimum atomic E-state index is -0.0947. The van der Waals surface area contributed by atoms with Crippen molar-refractivity contribution in [3.8, 4) is 5.75 Å². The van der Waals surface area contributed by atoms with Crippen LogP contribution in [0.25, 0.3) is 0 Å². The molecule has 0 atom stereocenters. The highest BCUT2D eigenvalue weighted by Crippen LogP contribution is 2.16. The van der Waals surface area contributed by atoms with Crippen LogP contribution in [0, 0.1) is 5.92 Å². The van der Waals surface area contributed by atoms with Crippen LogP contribution in [0.4, 0.5) is 5.69 Å². The van der Waals surface area contributed by atoms with E-state index in [1.807, 2.05) is 24.3 Å². The number of carbonyl (C=O) groups is 1. The highest BCUT2D eigenvalue weighted by Gasteiger charge is 2.00. The lowest BCUT2D eigenvalue weighted by atomic mass is 10.1. The third-order valence-corrected chi connectivity index (χ3v) is 3.37. The molecule has 0 saturated heterocycles. The van der Waals surface area contributed by atoms with Gasteiger partial charge in [0.15, 0.2) is 5.96 Å². The van der Waals surface area contributed by atoms with Crippen molar-refractivity contribution < 1.29 is 9.53 Å². The lowest BCUT2D eigenvalue weighted by Gasteiger charge is -2.13. The van der Waals surface area contributed by atoms with E-state index in [1.165, 1.54) is 13.3 Å². The van der Waals surface area contributed by atoms with E-state index >= 15 is 0 Å². The monoisotopic (exact) mass is 476 g/mol. The van der Waals surface area contributed by atoms with Crippen LogP contribution in [-0.4, -0.2) is 38.1 Å². The van der Waals surface area contributed by atoms with E-state index in [1.54, 1.807) is 0 Å². The zero-order valence-corrected chi connectivity index (χ0v) is 18.6. The quantitative estimate of drug-likeness (QED) is 0.209. The molecule has 0 unspecified atom stereocenters. The van der Waals surface area contributed by atoms with E-state index in [4.69, 9.17) is 4.74 Å². The molecule has 1 aromatic carbocycles. The van der Waals surface area contributed by atoms with Gasteiger partial charge >= 0.3 is 0 Å². The molecule has 26 heavy (non-hydrogen) atoms. The van der Waals surface area contributed by atoms with Gasteiger partial charge in [-0.1, -0.05) is 19.9 Å². The predicted molar refractivity (Wildman–Crippen MR) is 120 cm³/mol. The summed E-state index contributed by atoms with van der Waals surface area (Å²) in [5, 5.41) is 9.25. The third-order valence-electron chi connectivity index (χ3n) is 3.37. The van der Waals surface area contributed by atoms with Crippen LogP contribution in [0.3, 0.4) is 0 Å². The Bertz CT molecular complexity index is 550. The number of hydrogen-bond donors (Lipinski definition) is 3. The number of ether oxygens (including phenoxy) is 1. The summed E-state index contributed by atoms with van der Waals surface area (Å²) in [5.74, 6) is 2.17. The molecule has 1 aromatic rings. The fraction of sp³-hybridized carbons (Fsp3) is 0.579. The Morgan fingerprint density at radius 2 is 2.04 bits per heavy atom. The molecule has 3 N–H and O–H groups in total. The molecular weight excluding hydrogens is 443 g/mol. The molecule has 0 aliphatic rings. The first kappa shape index (κ1) is 24.5. The first-order valence-electron chi connectivity index (χ1n) is 9.04. The van der Waals surface area contributed by atoms with Crippen LogP contribution >= 0.6 is 24.0 Å². The fourth-order valence-corrected chi connectivity index (χ4v) is 2.24. The second-order valence-corrected chi connectivity index (χ2v) is 6.28. The Kier molecular flexibility index (Phi) is 13.8. The van der Waals surface area contributed by atoms with E-state index < -0.39 is 0 Å². The van der Waals surface area contributed by atoms with Gasteiger partial charge in [0.1, 0.15) is 12.4 Å². The molecule has 0 heterocycles. The van der Waals surface area contributed by atoms with Gasteiger partial charge in [0, 0.05) is 31.8 Å². The zero-order valence-electron chi connectivity index (χ0n) is 16.3. The van der Waals surface area contributed by atoms with Crippen molar-refractivity contribution in [3.63, 3.8) is 0 Å². The number of anilines is 1. The lowest BCUT2D eigenvalue weighted by molar-refractivity contribution is -0.114. The van der Waals surface area contributed by atoms with E-state index in [0.29, 0.717) is 19.1 Å². The molecule has 0 aliphatic heterocycles. The summed E-state index contributed by atoms with van der Waals surface area (Å²) in [6.07, 6.45) is 2.29. The summed E-state index contributed by atoms with van der Waals surface area (Å²) in [6.45, 7) is 10.8. The van der Waals surface area contributed by atoms with Gasteiger partial charge < -0.3 is 20.7 Å². The first-order valence-corrected chi connectivity index (χ1v) is 9.04. The Morgan fingerprint density at radius 1 is 1.27 bits per heavy atom. The topological polar surface area (TPSA) is 74.8 Å². The summed E-state index contributed by atoms with van der Waals surface area (Å²) in [7, 11) is 0. The second-order valence-electron chi connectivity index (χ2n) is 6.28. The smallest absolute Gasteiger partial charge is 0.221 e. The van der Waals surface area contributed by atoms with Crippen molar-refractivity contribution in [1.82, 2.24) is 10.6 Å². The number of nitrogens with zero attached hydrogens (tertiary/aromatic N) is 1. The van der Waals surface area contributed by atoms with Crippen molar-refractivity contribution in [2.24, 2.45) is 10.9 Å². The van der Waals surface area contributed by atoms with Crippen LogP contribution in [0.2, 0.25) is 0 Å². The van der Waals surface area contributed by atoms with Gasteiger partial charge in [-0.2, -0.15) is 0 Å². The fourth-order valence-electron chi connectivity index (χ4n) is 2.24. The maximum atomic E-state index is 11.1. The average Bonchev–Trinajstić information content (AvgIpc) is 2.55. The Morgan fingerprint density at radius 3 is 2.69 bits per heavy atom. The molecule has 0 spiro atoms. The van der Waals surface area contributed by atoms with Crippen molar-refractivity contribution in [2.75, 3.05) is 31.6 Å². The number of benzene rings is 1. The maximum Gasteiger partial charge on any atom is 0.221 e. The van der Waals surface area contributed by atoms with Gasteiger partial charge in [-0.15, -0.1) is 24.0 Å². The molecule has 0 saturated carbocycles. The average molecular weight is 476 g/mol. The summed E-state index contributed by atoms with van der Waals surface area (Å²) in [6, 6.07) is 7.37. The van der Waals surface area contributed by atoms with Gasteiger partial charge in [0.2, 0.25) is 5.91 Å². The number of nitrogens with one attached hydrogen (secondary N) is 3. The minimum Gasteiger partial charge on any atom is -0.492 e. The van der Waals surface area contributed by atoms with Crippen molar-refractivity contribution in [2.45, 2.75) is 40.5 Å². The summed E-state index contributed by atoms with van der Waals surface area (Å²) >= 11 is 0. The zero-order chi connectivity index (χ0) is 18.5. The number of halogens is 1. The Balaban J connectivity index is 0.00000625. The van der Waals surface area contributed by atoms with Crippen LogP contribution in [0.1, 0.15) is 40.5 Å². The number of hydrogen-bond acceptors (Lipinski definition) is 3. The van der Waals surface area contributed by atoms with Crippen molar-refractivity contribution in [3.05, 3.63) is 24.3 Å². The van der Waals surface area contributed by atoms with Gasteiger partial charge in [-0.05, 0) is 37.8 Å². The van der Waals surface area contributed by atoms with Crippen molar-refractivity contribution in [1.29, 1.82) is 0 Å². The molecule has 1 rings (SSSR count). The molecule has 0 aliphatic carbocycles. The van der Waals surface area contributed by atoms with E-state index in [-0.39, 0.29) is 29.9 Å². The lowest BCUT2D eigenvalue weighted by Crippen LogP contribution is -2.39. The number of rotatable bonds is 10. The van der Waals surface area contributed by atoms with Gasteiger partial charge in [-0.3, -0.25) is 9.79 Å². The molecule has 1 amide bonds.